The molecule has 7 aliphatic rings. The summed E-state index contributed by atoms with van der Waals surface area (Å²) in [6.07, 6.45) is 16.6. The van der Waals surface area contributed by atoms with Crippen LogP contribution < -0.4 is 19.6 Å². The minimum absolute atomic E-state index is 0.00993. The lowest BCUT2D eigenvalue weighted by Crippen LogP contribution is -2.42. The minimum Gasteiger partial charge on any atom is -0.371 e. The number of piperidine rings is 2. The number of alkyl halides is 2. The second kappa shape index (κ2) is 19.9. The van der Waals surface area contributed by atoms with Gasteiger partial charge in [0.1, 0.15) is 11.9 Å². The van der Waals surface area contributed by atoms with Gasteiger partial charge in [-0.3, -0.25) is 9.48 Å². The average molecular weight is 1000 g/mol. The Kier molecular flexibility index (Phi) is 13.4. The van der Waals surface area contributed by atoms with E-state index in [4.69, 9.17) is 16.7 Å². The third-order valence-electron chi connectivity index (χ3n) is 17.5. The summed E-state index contributed by atoms with van der Waals surface area (Å²) in [5.74, 6) is 2.36. The third-order valence-corrected chi connectivity index (χ3v) is 17.9. The maximum atomic E-state index is 16.0. The van der Waals surface area contributed by atoms with E-state index in [2.05, 4.69) is 54.7 Å². The molecule has 72 heavy (non-hydrogen) atoms. The Morgan fingerprint density at radius 2 is 1.69 bits per heavy atom. The predicted octanol–water partition coefficient (Wildman–Crippen LogP) is 11.4. The second-order valence-corrected chi connectivity index (χ2v) is 22.5. The lowest BCUT2D eigenvalue weighted by molar-refractivity contribution is -0.479. The standard InChI is InChI=1S/C57H67ClF3N10O/c1-37-30-57(36-70(37)46-11-10-43(31-62)50(58)27-46)17-23-66(24-18-57)45-12-13-53(51(59)28-45)67-20-14-40(15-21-67)25-39-6-8-41(9-7-39)33-71-52-16-22-68(38(2)72)35-49(52)56(64-71)69-19-4-5-42-26-47(44-32-63-65(3)34-44)48(55(60)61)29-54(42)69/h10-13,26-29,32-34,37,39-41,55H,4-9,14-25,30,35-36H2,1-3H3/q+1/b71-33+/t37-,39?,41?/m0/s1. The first-order chi connectivity index (χ1) is 34.8. The van der Waals surface area contributed by atoms with E-state index in [1.807, 2.05) is 35.2 Å². The lowest BCUT2D eigenvalue weighted by atomic mass is 9.76. The van der Waals surface area contributed by atoms with Crippen LogP contribution in [0.2, 0.25) is 5.02 Å². The number of benzene rings is 3. The van der Waals surface area contributed by atoms with Gasteiger partial charge in [-0.1, -0.05) is 16.3 Å². The summed E-state index contributed by atoms with van der Waals surface area (Å²) < 4.78 is 49.2. The fourth-order valence-corrected chi connectivity index (χ4v) is 13.8. The van der Waals surface area contributed by atoms with Crippen molar-refractivity contribution in [2.24, 2.45) is 35.3 Å². The van der Waals surface area contributed by atoms with E-state index in [0.29, 0.717) is 71.6 Å². The van der Waals surface area contributed by atoms with Crippen molar-refractivity contribution < 1.29 is 22.7 Å². The number of anilines is 4. The van der Waals surface area contributed by atoms with Crippen LogP contribution in [0.25, 0.3) is 11.1 Å². The van der Waals surface area contributed by atoms with Gasteiger partial charge < -0.3 is 24.5 Å². The van der Waals surface area contributed by atoms with Crippen molar-refractivity contribution in [1.82, 2.24) is 14.7 Å². The number of fused-ring (bicyclic) bond motifs is 1. The van der Waals surface area contributed by atoms with Crippen LogP contribution in [0.15, 0.2) is 77.3 Å². The Morgan fingerprint density at radius 3 is 2.39 bits per heavy atom. The highest BCUT2D eigenvalue weighted by molar-refractivity contribution is 6.32. The number of nitrogens with zero attached hydrogens (tertiary/aromatic N) is 10. The quantitative estimate of drug-likeness (QED) is 0.162. The molecule has 4 fully saturated rings. The largest absolute Gasteiger partial charge is 0.371 e. The topological polar surface area (TPSA) is 90.2 Å². The molecule has 6 aliphatic heterocycles. The maximum absolute atomic E-state index is 16.0. The molecule has 11 rings (SSSR count). The molecule has 1 saturated carbocycles. The monoisotopic (exact) mass is 1000 g/mol. The number of rotatable bonds is 8. The molecule has 1 aliphatic carbocycles. The number of halogens is 4. The molecular weight excluding hydrogens is 933 g/mol. The summed E-state index contributed by atoms with van der Waals surface area (Å²) in [5, 5.41) is 19.4. The van der Waals surface area contributed by atoms with Gasteiger partial charge in [-0.05, 0) is 161 Å². The van der Waals surface area contributed by atoms with Crippen molar-refractivity contribution >= 4 is 52.3 Å². The van der Waals surface area contributed by atoms with E-state index in [9.17, 15) is 18.8 Å². The van der Waals surface area contributed by atoms with Gasteiger partial charge in [-0.2, -0.15) is 10.4 Å². The molecule has 378 valence electrons. The molecule has 0 bridgehead atoms. The zero-order valence-corrected chi connectivity index (χ0v) is 42.7. The van der Waals surface area contributed by atoms with Crippen molar-refractivity contribution in [2.45, 2.75) is 110 Å². The molecule has 15 heteroatoms. The lowest BCUT2D eigenvalue weighted by Gasteiger charge is -2.41. The number of hydrogen-bond acceptors (Lipinski definition) is 8. The Labute approximate surface area is 427 Å². The molecule has 1 spiro atoms. The van der Waals surface area contributed by atoms with Gasteiger partial charge in [-0.25, -0.2) is 13.2 Å². The highest BCUT2D eigenvalue weighted by atomic mass is 35.5. The molecule has 7 heterocycles. The highest BCUT2D eigenvalue weighted by Crippen LogP contribution is 2.47. The van der Waals surface area contributed by atoms with E-state index in [0.717, 1.165) is 136 Å². The summed E-state index contributed by atoms with van der Waals surface area (Å²) >= 11 is 6.41. The number of aryl methyl sites for hydroxylation is 2. The number of aromatic nitrogens is 2. The van der Waals surface area contributed by atoms with Gasteiger partial charge in [0.15, 0.2) is 6.21 Å². The van der Waals surface area contributed by atoms with Crippen LogP contribution in [0.5, 0.6) is 0 Å². The Hall–Kier alpha value is -5.81. The zero-order chi connectivity index (χ0) is 49.8. The minimum atomic E-state index is -2.65. The smallest absolute Gasteiger partial charge is 0.264 e. The molecule has 1 amide bonds. The average Bonchev–Trinajstić information content (AvgIpc) is 4.08. The molecular formula is C57H67ClF3N10O+. The number of nitriles is 1. The van der Waals surface area contributed by atoms with Gasteiger partial charge in [-0.15, -0.1) is 0 Å². The molecule has 0 radical (unpaired) electrons. The van der Waals surface area contributed by atoms with Crippen LogP contribution >= 0.6 is 11.6 Å². The first-order valence-electron chi connectivity index (χ1n) is 26.5. The van der Waals surface area contributed by atoms with E-state index in [1.54, 1.807) is 43.2 Å². The summed E-state index contributed by atoms with van der Waals surface area (Å²) in [5.41, 5.74) is 8.60. The number of carbonyl (C=O) groups is 1. The molecule has 0 unspecified atom stereocenters. The van der Waals surface area contributed by atoms with Crippen molar-refractivity contribution in [3.05, 3.63) is 99.7 Å². The van der Waals surface area contributed by atoms with E-state index in [1.165, 1.54) is 19.3 Å². The summed E-state index contributed by atoms with van der Waals surface area (Å²) in [6, 6.07) is 17.8. The molecule has 3 saturated heterocycles. The van der Waals surface area contributed by atoms with Crippen LogP contribution in [0.3, 0.4) is 0 Å². The molecule has 0 N–H and O–H groups in total. The van der Waals surface area contributed by atoms with Crippen molar-refractivity contribution in [3.63, 3.8) is 0 Å². The number of carbonyl (C=O) groups excluding carboxylic acids is 1. The van der Waals surface area contributed by atoms with Gasteiger partial charge in [0.2, 0.25) is 17.4 Å². The first-order valence-corrected chi connectivity index (χ1v) is 26.9. The van der Waals surface area contributed by atoms with Gasteiger partial charge >= 0.3 is 0 Å². The third kappa shape index (κ3) is 9.51. The number of amides is 1. The van der Waals surface area contributed by atoms with Gasteiger partial charge in [0.05, 0.1) is 41.0 Å². The molecule has 1 aromatic heterocycles. The zero-order valence-electron chi connectivity index (χ0n) is 42.0. The maximum Gasteiger partial charge on any atom is 0.264 e. The van der Waals surface area contributed by atoms with Crippen LogP contribution in [-0.2, 0) is 18.3 Å². The van der Waals surface area contributed by atoms with E-state index < -0.39 is 6.43 Å². The fraction of sp³-hybridized carbons (Fsp3) is 0.526. The Balaban J connectivity index is 0.691. The second-order valence-electron chi connectivity index (χ2n) is 22.1. The first kappa shape index (κ1) is 48.5. The highest BCUT2D eigenvalue weighted by Gasteiger charge is 2.45. The van der Waals surface area contributed by atoms with Crippen LogP contribution in [-0.4, -0.2) is 95.7 Å². The van der Waals surface area contributed by atoms with Crippen molar-refractivity contribution in [1.29, 1.82) is 5.26 Å². The van der Waals surface area contributed by atoms with Gasteiger partial charge in [0, 0.05) is 111 Å². The van der Waals surface area contributed by atoms with Crippen LogP contribution in [0.4, 0.5) is 35.9 Å². The Bertz CT molecular complexity index is 2860. The summed E-state index contributed by atoms with van der Waals surface area (Å²) in [7, 11) is 1.79. The molecule has 1 atom stereocenters. The van der Waals surface area contributed by atoms with Crippen LogP contribution in [0.1, 0.15) is 114 Å². The van der Waals surface area contributed by atoms with Gasteiger partial charge in [0.25, 0.3) is 6.43 Å². The van der Waals surface area contributed by atoms with E-state index >= 15 is 4.39 Å². The predicted molar refractivity (Wildman–Crippen MR) is 280 cm³/mol. The molecule has 4 aromatic rings. The Morgan fingerprint density at radius 1 is 0.931 bits per heavy atom. The van der Waals surface area contributed by atoms with Crippen molar-refractivity contribution in [2.75, 3.05) is 72.0 Å². The number of amidine groups is 1. The normalized spacial score (nSPS) is 24.1. The van der Waals surface area contributed by atoms with Crippen molar-refractivity contribution in [3.8, 4) is 17.2 Å². The number of hydrogen-bond donors (Lipinski definition) is 0. The molecule has 3 aromatic carbocycles. The molecule has 11 nitrogen and oxygen atoms in total. The summed E-state index contributed by atoms with van der Waals surface area (Å²) in [4.78, 5) is 23.7. The number of hydrazone groups is 1. The SMILES string of the molecule is CC(=O)N1CCC2=C(C1)C(N1CCCc3cc(-c4cnn(C)c4)c(C(F)F)cc31)=N/[N+]2=C/C1CCC(CC2CCN(c3ccc(N4CCC5(CC4)C[C@H](C)N(c4ccc(C#N)c(Cl)c4)C5)cc3F)CC2)CC1. The van der Waals surface area contributed by atoms with E-state index in [-0.39, 0.29) is 22.7 Å². The van der Waals surface area contributed by atoms with Crippen LogP contribution in [0, 0.1) is 40.3 Å². The summed E-state index contributed by atoms with van der Waals surface area (Å²) in [6.45, 7) is 10.2. The fourth-order valence-electron chi connectivity index (χ4n) is 13.5.